The average molecular weight is 356 g/mol. The molecule has 1 aromatic heterocycles. The van der Waals surface area contributed by atoms with E-state index in [2.05, 4.69) is 0 Å². The minimum atomic E-state index is -0.265. The normalized spacial score (nSPS) is 10.5. The molecule has 0 aliphatic carbocycles. The third-order valence-corrected chi connectivity index (χ3v) is 4.23. The lowest BCUT2D eigenvalue weighted by molar-refractivity contribution is 0.0922. The van der Waals surface area contributed by atoms with Crippen molar-refractivity contribution in [1.29, 1.82) is 0 Å². The molecular weight excluding hydrogens is 350 g/mol. The lowest BCUT2D eigenvalue weighted by Crippen LogP contribution is -2.11. The third kappa shape index (κ3) is 3.77. The molecule has 0 amide bonds. The average Bonchev–Trinajstić information content (AvgIpc) is 2.67. The minimum absolute atomic E-state index is 0.172. The molecule has 0 radical (unpaired) electrons. The van der Waals surface area contributed by atoms with Gasteiger partial charge < -0.3 is 4.74 Å². The zero-order chi connectivity index (χ0) is 14.0. The second kappa shape index (κ2) is 6.33. The van der Waals surface area contributed by atoms with E-state index in [9.17, 15) is 4.79 Å². The summed E-state index contributed by atoms with van der Waals surface area (Å²) in [5.41, 5.74) is 0.349. The molecule has 0 saturated carbocycles. The van der Waals surface area contributed by atoms with Crippen molar-refractivity contribution in [1.82, 2.24) is 0 Å². The van der Waals surface area contributed by atoms with Gasteiger partial charge >= 0.3 is 0 Å². The van der Waals surface area contributed by atoms with E-state index < -0.39 is 0 Å². The molecule has 0 spiro atoms. The van der Waals surface area contributed by atoms with Crippen LogP contribution in [0.3, 0.4) is 0 Å². The highest BCUT2D eigenvalue weighted by Gasteiger charge is 2.15. The molecule has 0 aliphatic rings. The van der Waals surface area contributed by atoms with Crippen molar-refractivity contribution in [2.75, 3.05) is 6.61 Å². The second-order valence-corrected chi connectivity index (χ2v) is 6.65. The maximum absolute atomic E-state index is 11.9. The number of carbonyl (C=O) groups is 1. The monoisotopic (exact) mass is 354 g/mol. The number of rotatable bonds is 4. The minimum Gasteiger partial charge on any atom is -0.484 e. The van der Waals surface area contributed by atoms with Crippen LogP contribution in [-0.4, -0.2) is 12.4 Å². The molecule has 19 heavy (non-hydrogen) atoms. The van der Waals surface area contributed by atoms with Gasteiger partial charge in [0, 0.05) is 5.02 Å². The van der Waals surface area contributed by atoms with E-state index >= 15 is 0 Å². The van der Waals surface area contributed by atoms with Gasteiger partial charge in [-0.2, -0.15) is 0 Å². The maximum Gasteiger partial charge on any atom is 0.202 e. The molecule has 0 saturated heterocycles. The summed E-state index contributed by atoms with van der Waals surface area (Å²) in [5.74, 6) is 0.121. The highest BCUT2D eigenvalue weighted by atomic mass is 35.5. The Balaban J connectivity index is 2.06. The Bertz CT molecular complexity index is 624. The quantitative estimate of drug-likeness (QED) is 0.665. The van der Waals surface area contributed by atoms with Gasteiger partial charge in [0.15, 0.2) is 6.61 Å². The van der Waals surface area contributed by atoms with Gasteiger partial charge in [-0.15, -0.1) is 11.3 Å². The Morgan fingerprint density at radius 1 is 1.16 bits per heavy atom. The van der Waals surface area contributed by atoms with E-state index in [1.54, 1.807) is 12.1 Å². The molecule has 0 aliphatic heterocycles. The summed E-state index contributed by atoms with van der Waals surface area (Å²) >= 11 is 24.5. The van der Waals surface area contributed by atoms with E-state index in [4.69, 9.17) is 51.1 Å². The molecule has 100 valence electrons. The van der Waals surface area contributed by atoms with Crippen molar-refractivity contribution in [2.24, 2.45) is 0 Å². The second-order valence-electron chi connectivity index (χ2n) is 3.52. The molecule has 7 heteroatoms. The standard InChI is InChI=1S/C12H6Cl4O2S/c13-6-1-2-10(8(14)3-6)18-5-9(17)7-4-11(15)19-12(7)16/h1-4H,5H2. The Morgan fingerprint density at radius 2 is 1.89 bits per heavy atom. The predicted molar refractivity (Wildman–Crippen MR) is 80.6 cm³/mol. The topological polar surface area (TPSA) is 26.3 Å². The molecular formula is C12H6Cl4O2S. The number of halogens is 4. The molecule has 2 rings (SSSR count). The third-order valence-electron chi connectivity index (χ3n) is 2.21. The summed E-state index contributed by atoms with van der Waals surface area (Å²) in [6.45, 7) is -0.172. The van der Waals surface area contributed by atoms with Crippen molar-refractivity contribution in [3.05, 3.63) is 48.5 Å². The molecule has 2 aromatic rings. The summed E-state index contributed by atoms with van der Waals surface area (Å²) in [5, 5.41) is 0.839. The molecule has 0 fully saturated rings. The van der Waals surface area contributed by atoms with Crippen molar-refractivity contribution >= 4 is 63.5 Å². The van der Waals surface area contributed by atoms with E-state index in [0.717, 1.165) is 11.3 Å². The fourth-order valence-electron chi connectivity index (χ4n) is 1.34. The number of ketones is 1. The van der Waals surface area contributed by atoms with Crippen LogP contribution in [0.15, 0.2) is 24.3 Å². The zero-order valence-electron chi connectivity index (χ0n) is 9.25. The van der Waals surface area contributed by atoms with Crippen LogP contribution < -0.4 is 4.74 Å². The lowest BCUT2D eigenvalue weighted by Gasteiger charge is -2.07. The van der Waals surface area contributed by atoms with E-state index in [1.807, 2.05) is 0 Å². The predicted octanol–water partition coefficient (Wildman–Crippen LogP) is 5.62. The Hall–Kier alpha value is -0.450. The maximum atomic E-state index is 11.9. The van der Waals surface area contributed by atoms with Crippen LogP contribution in [0.1, 0.15) is 10.4 Å². The van der Waals surface area contributed by atoms with Crippen LogP contribution >= 0.6 is 57.7 Å². The van der Waals surface area contributed by atoms with Crippen molar-refractivity contribution < 1.29 is 9.53 Å². The Morgan fingerprint density at radius 3 is 2.47 bits per heavy atom. The number of ether oxygens (including phenoxy) is 1. The van der Waals surface area contributed by atoms with Crippen LogP contribution in [-0.2, 0) is 0 Å². The van der Waals surface area contributed by atoms with E-state index in [1.165, 1.54) is 12.1 Å². The Kier molecular flexibility index (Phi) is 4.98. The summed E-state index contributed by atoms with van der Waals surface area (Å²) in [4.78, 5) is 11.9. The van der Waals surface area contributed by atoms with Crippen LogP contribution in [0.25, 0.3) is 0 Å². The zero-order valence-corrected chi connectivity index (χ0v) is 13.1. The summed E-state index contributed by atoms with van der Waals surface area (Å²) in [7, 11) is 0. The highest BCUT2D eigenvalue weighted by Crippen LogP contribution is 2.32. The van der Waals surface area contributed by atoms with Crippen LogP contribution in [0.4, 0.5) is 0 Å². The van der Waals surface area contributed by atoms with Gasteiger partial charge in [0.25, 0.3) is 0 Å². The summed E-state index contributed by atoms with van der Waals surface area (Å²) in [6.07, 6.45) is 0. The van der Waals surface area contributed by atoms with Crippen LogP contribution in [0, 0.1) is 0 Å². The first-order valence-corrected chi connectivity index (χ1v) is 7.36. The molecule has 1 heterocycles. The Labute approximate surface area is 133 Å². The lowest BCUT2D eigenvalue weighted by atomic mass is 10.2. The fourth-order valence-corrected chi connectivity index (χ4v) is 3.31. The number of carbonyl (C=O) groups excluding carboxylic acids is 1. The van der Waals surface area contributed by atoms with Crippen molar-refractivity contribution in [3.8, 4) is 5.75 Å². The molecule has 0 bridgehead atoms. The first-order valence-electron chi connectivity index (χ1n) is 5.03. The molecule has 0 unspecified atom stereocenters. The molecule has 2 nitrogen and oxygen atoms in total. The molecule has 0 N–H and O–H groups in total. The van der Waals surface area contributed by atoms with Gasteiger partial charge in [-0.25, -0.2) is 0 Å². The van der Waals surface area contributed by atoms with Crippen LogP contribution in [0.2, 0.25) is 18.7 Å². The van der Waals surface area contributed by atoms with Gasteiger partial charge in [-0.05, 0) is 24.3 Å². The highest BCUT2D eigenvalue weighted by molar-refractivity contribution is 7.20. The number of thiophene rings is 1. The van der Waals surface area contributed by atoms with Gasteiger partial charge in [0.2, 0.25) is 5.78 Å². The first-order chi connectivity index (χ1) is 8.97. The van der Waals surface area contributed by atoms with Crippen LogP contribution in [0.5, 0.6) is 5.75 Å². The van der Waals surface area contributed by atoms with Crippen molar-refractivity contribution in [2.45, 2.75) is 0 Å². The summed E-state index contributed by atoms with van der Waals surface area (Å²) < 4.78 is 6.14. The number of Topliss-reactive ketones (excluding diaryl/α,β-unsaturated/α-hetero) is 1. The first kappa shape index (κ1) is 14.9. The number of benzene rings is 1. The van der Waals surface area contributed by atoms with Gasteiger partial charge in [0.1, 0.15) is 10.1 Å². The SMILES string of the molecule is O=C(COc1ccc(Cl)cc1Cl)c1cc(Cl)sc1Cl. The van der Waals surface area contributed by atoms with Crippen molar-refractivity contribution in [3.63, 3.8) is 0 Å². The van der Waals surface area contributed by atoms with E-state index in [-0.39, 0.29) is 12.4 Å². The summed E-state index contributed by atoms with van der Waals surface area (Å²) in [6, 6.07) is 6.28. The van der Waals surface area contributed by atoms with Gasteiger partial charge in [-0.1, -0.05) is 46.4 Å². The molecule has 1 aromatic carbocycles. The van der Waals surface area contributed by atoms with Gasteiger partial charge in [0.05, 0.1) is 14.9 Å². The van der Waals surface area contributed by atoms with Gasteiger partial charge in [-0.3, -0.25) is 4.79 Å². The largest absolute Gasteiger partial charge is 0.484 e. The fraction of sp³-hybridized carbons (Fsp3) is 0.0833. The smallest absolute Gasteiger partial charge is 0.202 e. The number of hydrogen-bond donors (Lipinski definition) is 0. The molecule has 0 atom stereocenters. The van der Waals surface area contributed by atoms with E-state index in [0.29, 0.717) is 30.0 Å². The number of hydrogen-bond acceptors (Lipinski definition) is 3.